The predicted octanol–water partition coefficient (Wildman–Crippen LogP) is 3.96. The second-order valence-corrected chi connectivity index (χ2v) is 7.42. The van der Waals surface area contributed by atoms with Crippen molar-refractivity contribution in [1.82, 2.24) is 5.32 Å². The molecule has 17 heavy (non-hydrogen) atoms. The van der Waals surface area contributed by atoms with E-state index < -0.39 is 0 Å². The molecule has 1 aromatic heterocycles. The summed E-state index contributed by atoms with van der Waals surface area (Å²) < 4.78 is 1.03. The van der Waals surface area contributed by atoms with Gasteiger partial charge in [0, 0.05) is 11.9 Å². The zero-order valence-corrected chi connectivity index (χ0v) is 12.8. The summed E-state index contributed by atoms with van der Waals surface area (Å²) in [4.78, 5) is 12.7. The maximum Gasteiger partial charge on any atom is 0.261 e. The van der Waals surface area contributed by atoms with Gasteiger partial charge >= 0.3 is 0 Å². The molecular weight excluding hydrogens is 322 g/mol. The Morgan fingerprint density at radius 1 is 1.65 bits per heavy atom. The topological polar surface area (TPSA) is 29.1 Å². The van der Waals surface area contributed by atoms with Crippen molar-refractivity contribution in [3.8, 4) is 0 Å². The van der Waals surface area contributed by atoms with Gasteiger partial charge in [0.05, 0.1) is 8.66 Å². The molecule has 0 saturated heterocycles. The molecule has 0 bridgehead atoms. The number of amides is 1. The summed E-state index contributed by atoms with van der Waals surface area (Å²) in [7, 11) is 0. The number of nitrogens with one attached hydrogen (secondary N) is 1. The SMILES string of the molecule is Cc1cc(C(=O)NCC2CCCC2Cl)sc1Br. The van der Waals surface area contributed by atoms with Crippen molar-refractivity contribution in [2.75, 3.05) is 6.54 Å². The van der Waals surface area contributed by atoms with E-state index in [2.05, 4.69) is 21.2 Å². The second kappa shape index (κ2) is 5.72. The van der Waals surface area contributed by atoms with Crippen LogP contribution in [-0.2, 0) is 0 Å². The summed E-state index contributed by atoms with van der Waals surface area (Å²) >= 11 is 11.1. The van der Waals surface area contributed by atoms with Gasteiger partial charge < -0.3 is 5.32 Å². The summed E-state index contributed by atoms with van der Waals surface area (Å²) in [6.45, 7) is 2.69. The van der Waals surface area contributed by atoms with E-state index in [4.69, 9.17) is 11.6 Å². The van der Waals surface area contributed by atoms with Crippen LogP contribution in [0.15, 0.2) is 9.85 Å². The number of alkyl halides is 1. The van der Waals surface area contributed by atoms with Gasteiger partial charge in [-0.2, -0.15) is 0 Å². The van der Waals surface area contributed by atoms with E-state index in [1.54, 1.807) is 0 Å². The van der Waals surface area contributed by atoms with Crippen LogP contribution in [0.25, 0.3) is 0 Å². The number of carbonyl (C=O) groups is 1. The average Bonchev–Trinajstić information content (AvgIpc) is 2.83. The summed E-state index contributed by atoms with van der Waals surface area (Å²) in [5.41, 5.74) is 1.11. The van der Waals surface area contributed by atoms with Gasteiger partial charge in [-0.1, -0.05) is 6.42 Å². The minimum absolute atomic E-state index is 0.0135. The summed E-state index contributed by atoms with van der Waals surface area (Å²) in [6, 6.07) is 1.91. The van der Waals surface area contributed by atoms with E-state index in [0.717, 1.165) is 27.1 Å². The maximum absolute atomic E-state index is 11.9. The highest BCUT2D eigenvalue weighted by molar-refractivity contribution is 9.11. The molecule has 1 aliphatic carbocycles. The molecule has 5 heteroatoms. The van der Waals surface area contributed by atoms with Crippen molar-refractivity contribution in [3.05, 3.63) is 20.3 Å². The number of halogens is 2. The zero-order chi connectivity index (χ0) is 12.4. The molecule has 1 aromatic rings. The standard InChI is InChI=1S/C12H15BrClNOS/c1-7-5-10(17-11(7)13)12(16)15-6-8-3-2-4-9(8)14/h5,8-9H,2-4,6H2,1H3,(H,15,16). The highest BCUT2D eigenvalue weighted by Gasteiger charge is 2.25. The van der Waals surface area contributed by atoms with Gasteiger partial charge in [-0.3, -0.25) is 4.79 Å². The predicted molar refractivity (Wildman–Crippen MR) is 76.1 cm³/mol. The van der Waals surface area contributed by atoms with Crippen molar-refractivity contribution < 1.29 is 4.79 Å². The van der Waals surface area contributed by atoms with E-state index in [9.17, 15) is 4.79 Å². The van der Waals surface area contributed by atoms with Crippen LogP contribution in [0.2, 0.25) is 0 Å². The van der Waals surface area contributed by atoms with Crippen molar-refractivity contribution in [2.24, 2.45) is 5.92 Å². The monoisotopic (exact) mass is 335 g/mol. The summed E-state index contributed by atoms with van der Waals surface area (Å²) in [6.07, 6.45) is 3.38. The maximum atomic E-state index is 11.9. The van der Waals surface area contributed by atoms with E-state index in [-0.39, 0.29) is 11.3 Å². The number of rotatable bonds is 3. The van der Waals surface area contributed by atoms with Gasteiger partial charge in [0.25, 0.3) is 5.91 Å². The molecule has 1 aliphatic rings. The van der Waals surface area contributed by atoms with Gasteiger partial charge in [-0.25, -0.2) is 0 Å². The fourth-order valence-corrected chi connectivity index (χ4v) is 3.92. The van der Waals surface area contributed by atoms with Crippen LogP contribution in [0.5, 0.6) is 0 Å². The molecule has 1 heterocycles. The fraction of sp³-hybridized carbons (Fsp3) is 0.583. The van der Waals surface area contributed by atoms with Gasteiger partial charge in [0.2, 0.25) is 0 Å². The second-order valence-electron chi connectivity index (χ2n) is 4.48. The van der Waals surface area contributed by atoms with Crippen molar-refractivity contribution in [3.63, 3.8) is 0 Å². The highest BCUT2D eigenvalue weighted by Crippen LogP contribution is 2.30. The third-order valence-corrected chi connectivity index (χ3v) is 5.88. The molecule has 2 rings (SSSR count). The lowest BCUT2D eigenvalue weighted by Gasteiger charge is -2.13. The normalized spacial score (nSPS) is 23.9. The Bertz CT molecular complexity index is 401. The minimum atomic E-state index is 0.0135. The largest absolute Gasteiger partial charge is 0.351 e. The van der Waals surface area contributed by atoms with Crippen LogP contribution in [0.4, 0.5) is 0 Å². The van der Waals surface area contributed by atoms with Crippen LogP contribution in [-0.4, -0.2) is 17.8 Å². The third-order valence-electron chi connectivity index (χ3n) is 3.17. The number of aryl methyl sites for hydroxylation is 1. The van der Waals surface area contributed by atoms with Crippen LogP contribution < -0.4 is 5.32 Å². The first-order chi connectivity index (χ1) is 8.08. The van der Waals surface area contributed by atoms with E-state index in [1.807, 2.05) is 13.0 Å². The number of hydrogen-bond acceptors (Lipinski definition) is 2. The third kappa shape index (κ3) is 3.24. The lowest BCUT2D eigenvalue weighted by molar-refractivity contribution is 0.0951. The molecule has 0 radical (unpaired) electrons. The van der Waals surface area contributed by atoms with Gasteiger partial charge in [-0.15, -0.1) is 22.9 Å². The lowest BCUT2D eigenvalue weighted by Crippen LogP contribution is -2.30. The van der Waals surface area contributed by atoms with Gasteiger partial charge in [0.15, 0.2) is 0 Å². The minimum Gasteiger partial charge on any atom is -0.351 e. The average molecular weight is 337 g/mol. The molecule has 0 aromatic carbocycles. The highest BCUT2D eigenvalue weighted by atomic mass is 79.9. The zero-order valence-electron chi connectivity index (χ0n) is 9.63. The van der Waals surface area contributed by atoms with E-state index >= 15 is 0 Å². The Balaban J connectivity index is 1.89. The molecule has 2 nitrogen and oxygen atoms in total. The van der Waals surface area contributed by atoms with Gasteiger partial charge in [-0.05, 0) is 53.2 Å². The van der Waals surface area contributed by atoms with Gasteiger partial charge in [0.1, 0.15) is 0 Å². The molecule has 1 amide bonds. The van der Waals surface area contributed by atoms with Crippen LogP contribution in [0.1, 0.15) is 34.5 Å². The van der Waals surface area contributed by atoms with Crippen molar-refractivity contribution >= 4 is 44.8 Å². The smallest absolute Gasteiger partial charge is 0.261 e. The Hall–Kier alpha value is -0.0600. The Morgan fingerprint density at radius 2 is 2.41 bits per heavy atom. The van der Waals surface area contributed by atoms with Crippen LogP contribution >= 0.6 is 38.9 Å². The number of hydrogen-bond donors (Lipinski definition) is 1. The molecule has 2 atom stereocenters. The first-order valence-corrected chi connectivity index (χ1v) is 7.80. The van der Waals surface area contributed by atoms with Crippen LogP contribution in [0.3, 0.4) is 0 Å². The fourth-order valence-electron chi connectivity index (χ4n) is 2.10. The quantitative estimate of drug-likeness (QED) is 0.832. The lowest BCUT2D eigenvalue weighted by atomic mass is 10.1. The Kier molecular flexibility index (Phi) is 4.50. The molecular formula is C12H15BrClNOS. The first kappa shape index (κ1) is 13.4. The Morgan fingerprint density at radius 3 is 2.94 bits per heavy atom. The van der Waals surface area contributed by atoms with Crippen molar-refractivity contribution in [2.45, 2.75) is 31.6 Å². The number of thiophene rings is 1. The summed E-state index contributed by atoms with van der Waals surface area (Å²) in [5.74, 6) is 0.449. The molecule has 0 aliphatic heterocycles. The molecule has 2 unspecified atom stereocenters. The number of carbonyl (C=O) groups excluding carboxylic acids is 1. The van der Waals surface area contributed by atoms with E-state index in [1.165, 1.54) is 17.8 Å². The molecule has 1 N–H and O–H groups in total. The summed E-state index contributed by atoms with van der Waals surface area (Å²) in [5, 5.41) is 3.21. The molecule has 0 spiro atoms. The van der Waals surface area contributed by atoms with E-state index in [0.29, 0.717) is 12.5 Å². The molecule has 1 fully saturated rings. The molecule has 1 saturated carbocycles. The first-order valence-electron chi connectivity index (χ1n) is 5.76. The Labute approximate surface area is 119 Å². The molecule has 94 valence electrons. The van der Waals surface area contributed by atoms with Crippen LogP contribution in [0, 0.1) is 12.8 Å². The van der Waals surface area contributed by atoms with Crippen molar-refractivity contribution in [1.29, 1.82) is 0 Å².